The Balaban J connectivity index is 2.55. The summed E-state index contributed by atoms with van der Waals surface area (Å²) in [7, 11) is 0. The Bertz CT molecular complexity index is 589. The van der Waals surface area contributed by atoms with Crippen molar-refractivity contribution in [3.63, 3.8) is 0 Å². The second-order valence-corrected chi connectivity index (χ2v) is 6.10. The van der Waals surface area contributed by atoms with Crippen molar-refractivity contribution in [2.24, 2.45) is 5.92 Å². The molecule has 0 saturated carbocycles. The van der Waals surface area contributed by atoms with Crippen molar-refractivity contribution in [1.82, 2.24) is 10.6 Å². The van der Waals surface area contributed by atoms with Gasteiger partial charge in [0.1, 0.15) is 0 Å². The molecule has 3 N–H and O–H groups in total. The fourth-order valence-electron chi connectivity index (χ4n) is 2.24. The first-order chi connectivity index (χ1) is 12.1. The molecule has 26 heavy (non-hydrogen) atoms. The van der Waals surface area contributed by atoms with Crippen LogP contribution in [0.25, 0.3) is 0 Å². The molecule has 1 aromatic carbocycles. The molecule has 0 heterocycles. The van der Waals surface area contributed by atoms with E-state index in [1.807, 2.05) is 13.8 Å². The first-order valence-electron chi connectivity index (χ1n) is 8.27. The Labute approximate surface area is 150 Å². The predicted octanol–water partition coefficient (Wildman–Crippen LogP) is 3.99. The van der Waals surface area contributed by atoms with Crippen LogP contribution in [0.1, 0.15) is 32.8 Å². The highest BCUT2D eigenvalue weighted by molar-refractivity contribution is 5.89. The summed E-state index contributed by atoms with van der Waals surface area (Å²) >= 11 is 0. The van der Waals surface area contributed by atoms with Crippen LogP contribution in [0.4, 0.5) is 28.4 Å². The highest BCUT2D eigenvalue weighted by Gasteiger charge is 2.30. The van der Waals surface area contributed by atoms with Gasteiger partial charge in [0.2, 0.25) is 0 Å². The molecule has 0 radical (unpaired) electrons. The zero-order valence-electron chi connectivity index (χ0n) is 14.9. The molecule has 3 amide bonds. The number of carbonyl (C=O) groups is 2. The summed E-state index contributed by atoms with van der Waals surface area (Å²) in [5.41, 5.74) is -0.562. The quantitative estimate of drug-likeness (QED) is 0.674. The zero-order chi connectivity index (χ0) is 19.7. The van der Waals surface area contributed by atoms with Gasteiger partial charge >= 0.3 is 18.3 Å². The third-order valence-electron chi connectivity index (χ3n) is 3.33. The number of ether oxygens (including phenoxy) is 1. The van der Waals surface area contributed by atoms with Crippen molar-refractivity contribution in [2.75, 3.05) is 18.5 Å². The highest BCUT2D eigenvalue weighted by atomic mass is 19.4. The van der Waals surface area contributed by atoms with Crippen LogP contribution in [0.3, 0.4) is 0 Å². The molecular formula is C17H24F3N3O3. The first kappa shape index (κ1) is 21.6. The van der Waals surface area contributed by atoms with E-state index in [4.69, 9.17) is 4.74 Å². The molecule has 1 rings (SSSR count). The van der Waals surface area contributed by atoms with Crippen molar-refractivity contribution in [1.29, 1.82) is 0 Å². The zero-order valence-corrected chi connectivity index (χ0v) is 14.9. The number of amides is 3. The van der Waals surface area contributed by atoms with Gasteiger partial charge in [0.25, 0.3) is 0 Å². The molecule has 0 bridgehead atoms. The lowest BCUT2D eigenvalue weighted by molar-refractivity contribution is -0.137. The molecule has 0 aromatic heterocycles. The molecule has 0 unspecified atom stereocenters. The number of hydrogen-bond acceptors (Lipinski definition) is 3. The average molecular weight is 375 g/mol. The fourth-order valence-corrected chi connectivity index (χ4v) is 2.24. The summed E-state index contributed by atoms with van der Waals surface area (Å²) in [6.45, 7) is 6.03. The minimum absolute atomic E-state index is 0.156. The number of benzene rings is 1. The van der Waals surface area contributed by atoms with Gasteiger partial charge in [0.15, 0.2) is 0 Å². The van der Waals surface area contributed by atoms with Gasteiger partial charge in [-0.2, -0.15) is 13.2 Å². The Hall–Kier alpha value is -2.45. The lowest BCUT2D eigenvalue weighted by Crippen LogP contribution is -2.45. The van der Waals surface area contributed by atoms with Gasteiger partial charge in [-0.3, -0.25) is 0 Å². The van der Waals surface area contributed by atoms with E-state index in [1.165, 1.54) is 12.1 Å². The van der Waals surface area contributed by atoms with Gasteiger partial charge in [-0.15, -0.1) is 0 Å². The van der Waals surface area contributed by atoms with Crippen molar-refractivity contribution in [3.05, 3.63) is 29.8 Å². The van der Waals surface area contributed by atoms with Crippen molar-refractivity contribution in [3.8, 4) is 0 Å². The van der Waals surface area contributed by atoms with Crippen LogP contribution in [-0.4, -0.2) is 31.3 Å². The maximum absolute atomic E-state index is 12.5. The van der Waals surface area contributed by atoms with Gasteiger partial charge in [0.05, 0.1) is 12.2 Å². The van der Waals surface area contributed by atoms with Crippen molar-refractivity contribution in [2.45, 2.75) is 39.4 Å². The molecule has 6 nitrogen and oxygen atoms in total. The largest absolute Gasteiger partial charge is 0.450 e. The average Bonchev–Trinajstić information content (AvgIpc) is 2.52. The van der Waals surface area contributed by atoms with Crippen LogP contribution < -0.4 is 16.0 Å². The Kier molecular flexibility index (Phi) is 8.21. The van der Waals surface area contributed by atoms with Crippen LogP contribution >= 0.6 is 0 Å². The number of alkyl carbamates (subject to hydrolysis) is 1. The number of anilines is 1. The van der Waals surface area contributed by atoms with Crippen molar-refractivity contribution < 1.29 is 27.5 Å². The second-order valence-electron chi connectivity index (χ2n) is 6.10. The lowest BCUT2D eigenvalue weighted by Gasteiger charge is -2.21. The van der Waals surface area contributed by atoms with E-state index >= 15 is 0 Å². The van der Waals surface area contributed by atoms with Gasteiger partial charge in [-0.1, -0.05) is 13.8 Å². The highest BCUT2D eigenvalue weighted by Crippen LogP contribution is 2.29. The molecule has 0 fully saturated rings. The summed E-state index contributed by atoms with van der Waals surface area (Å²) in [4.78, 5) is 23.4. The molecule has 0 aliphatic heterocycles. The summed E-state index contributed by atoms with van der Waals surface area (Å²) in [5.74, 6) is 0.279. The van der Waals surface area contributed by atoms with Crippen molar-refractivity contribution >= 4 is 17.8 Å². The molecule has 0 spiro atoms. The van der Waals surface area contributed by atoms with Crippen LogP contribution in [0.5, 0.6) is 0 Å². The van der Waals surface area contributed by atoms with E-state index in [-0.39, 0.29) is 30.8 Å². The summed E-state index contributed by atoms with van der Waals surface area (Å²) in [6, 6.07) is 3.21. The topological polar surface area (TPSA) is 79.5 Å². The number of urea groups is 1. The standard InChI is InChI=1S/C17H24F3N3O3/c1-4-26-16(25)23-14(9-11(2)3)10-21-15(24)22-13-7-5-12(6-8-13)17(18,19)20/h5-8,11,14H,4,9-10H2,1-3H3,(H,23,25)(H2,21,22,24)/t14-/m1/s1. The monoisotopic (exact) mass is 375 g/mol. The molecule has 0 saturated heterocycles. The smallest absolute Gasteiger partial charge is 0.416 e. The molecule has 9 heteroatoms. The maximum atomic E-state index is 12.5. The van der Waals surface area contributed by atoms with Crippen LogP contribution in [-0.2, 0) is 10.9 Å². The second kappa shape index (κ2) is 9.88. The number of halogens is 3. The normalized spacial score (nSPS) is 12.4. The Morgan fingerprint density at radius 2 is 1.77 bits per heavy atom. The van der Waals surface area contributed by atoms with E-state index in [1.54, 1.807) is 6.92 Å². The number of hydrogen-bond donors (Lipinski definition) is 3. The summed E-state index contributed by atoms with van der Waals surface area (Å²) in [5, 5.41) is 7.70. The third-order valence-corrected chi connectivity index (χ3v) is 3.33. The molecule has 0 aliphatic carbocycles. The molecule has 146 valence electrons. The van der Waals surface area contributed by atoms with E-state index in [0.717, 1.165) is 12.1 Å². The predicted molar refractivity (Wildman–Crippen MR) is 91.9 cm³/mol. The lowest BCUT2D eigenvalue weighted by atomic mass is 10.0. The first-order valence-corrected chi connectivity index (χ1v) is 8.27. The van der Waals surface area contributed by atoms with Crippen LogP contribution in [0.15, 0.2) is 24.3 Å². The van der Waals surface area contributed by atoms with E-state index in [0.29, 0.717) is 6.42 Å². The molecule has 1 aromatic rings. The third kappa shape index (κ3) is 8.09. The Morgan fingerprint density at radius 1 is 1.15 bits per heavy atom. The minimum Gasteiger partial charge on any atom is -0.450 e. The van der Waals surface area contributed by atoms with E-state index in [9.17, 15) is 22.8 Å². The van der Waals surface area contributed by atoms with Crippen LogP contribution in [0, 0.1) is 5.92 Å². The van der Waals surface area contributed by atoms with E-state index in [2.05, 4.69) is 16.0 Å². The molecule has 0 aliphatic rings. The van der Waals surface area contributed by atoms with Crippen LogP contribution in [0.2, 0.25) is 0 Å². The number of nitrogens with one attached hydrogen (secondary N) is 3. The molecular weight excluding hydrogens is 351 g/mol. The number of rotatable bonds is 7. The fraction of sp³-hybridized carbons (Fsp3) is 0.529. The Morgan fingerprint density at radius 3 is 2.27 bits per heavy atom. The van der Waals surface area contributed by atoms with Gasteiger partial charge in [-0.25, -0.2) is 9.59 Å². The van der Waals surface area contributed by atoms with Gasteiger partial charge in [0, 0.05) is 18.3 Å². The van der Waals surface area contributed by atoms with Gasteiger partial charge < -0.3 is 20.7 Å². The summed E-state index contributed by atoms with van der Waals surface area (Å²) < 4.78 is 42.4. The maximum Gasteiger partial charge on any atom is 0.416 e. The summed E-state index contributed by atoms with van der Waals surface area (Å²) in [6.07, 6.45) is -4.37. The number of alkyl halides is 3. The van der Waals surface area contributed by atoms with E-state index < -0.39 is 23.9 Å². The van der Waals surface area contributed by atoms with Gasteiger partial charge in [-0.05, 0) is 43.5 Å². The minimum atomic E-state index is -4.43. The molecule has 1 atom stereocenters. The number of carbonyl (C=O) groups excluding carboxylic acids is 2. The SMILES string of the molecule is CCOC(=O)N[C@@H](CNC(=O)Nc1ccc(C(F)(F)F)cc1)CC(C)C.